The normalized spacial score (nSPS) is 25.6. The summed E-state index contributed by atoms with van der Waals surface area (Å²) < 4.78 is 50.5. The smallest absolute Gasteiger partial charge is 0.407 e. The van der Waals surface area contributed by atoms with Crippen molar-refractivity contribution in [1.29, 1.82) is 0 Å². The largest absolute Gasteiger partial charge is 0.465 e. The summed E-state index contributed by atoms with van der Waals surface area (Å²) in [6, 6.07) is 0. The molecule has 1 saturated carbocycles. The lowest BCUT2D eigenvalue weighted by molar-refractivity contribution is 0.156. The summed E-state index contributed by atoms with van der Waals surface area (Å²) in [4.78, 5) is 11.9. The molecule has 0 bridgehead atoms. The molecule has 1 N–H and O–H groups in total. The van der Waals surface area contributed by atoms with E-state index < -0.39 is 36.0 Å². The molecule has 0 aromatic carbocycles. The quantitative estimate of drug-likeness (QED) is 0.686. The first-order valence-corrected chi connectivity index (χ1v) is 9.49. The fraction of sp³-hybridized carbons (Fsp3) is 0.900. The fourth-order valence-corrected chi connectivity index (χ4v) is 5.28. The Hall–Kier alpha value is -0.870. The van der Waals surface area contributed by atoms with Crippen molar-refractivity contribution in [3.05, 3.63) is 0 Å². The van der Waals surface area contributed by atoms with E-state index in [0.29, 0.717) is 12.8 Å². The van der Waals surface area contributed by atoms with Crippen molar-refractivity contribution >= 4 is 26.0 Å². The molecule has 8 nitrogen and oxygen atoms in total. The van der Waals surface area contributed by atoms with E-state index in [2.05, 4.69) is 4.18 Å². The topological polar surface area (TPSA) is 118 Å². The molecule has 1 atom stereocenters. The third kappa shape index (κ3) is 2.91. The molecule has 2 aliphatic rings. The summed E-state index contributed by atoms with van der Waals surface area (Å²) in [6.07, 6.45) is 0.690. The highest BCUT2D eigenvalue weighted by molar-refractivity contribution is 7.93. The molecule has 1 amide bonds. The number of rotatable bonds is 5. The minimum atomic E-state index is -3.69. The molecular weight excluding hydrogens is 310 g/mol. The van der Waals surface area contributed by atoms with Crippen molar-refractivity contribution in [2.45, 2.75) is 29.3 Å². The number of likely N-dealkylation sites (tertiary alicyclic amines) is 1. The molecule has 0 spiro atoms. The van der Waals surface area contributed by atoms with E-state index in [0.717, 1.165) is 11.2 Å². The van der Waals surface area contributed by atoms with Crippen molar-refractivity contribution in [1.82, 2.24) is 4.90 Å². The summed E-state index contributed by atoms with van der Waals surface area (Å²) >= 11 is 0. The molecule has 0 aromatic rings. The van der Waals surface area contributed by atoms with Crippen LogP contribution in [0.25, 0.3) is 0 Å². The zero-order valence-corrected chi connectivity index (χ0v) is 12.6. The van der Waals surface area contributed by atoms with Gasteiger partial charge in [0.25, 0.3) is 10.1 Å². The van der Waals surface area contributed by atoms with Crippen molar-refractivity contribution in [2.24, 2.45) is 0 Å². The predicted molar refractivity (Wildman–Crippen MR) is 69.7 cm³/mol. The van der Waals surface area contributed by atoms with Crippen LogP contribution in [0.2, 0.25) is 0 Å². The highest BCUT2D eigenvalue weighted by Crippen LogP contribution is 2.47. The lowest BCUT2D eigenvalue weighted by Crippen LogP contribution is -2.39. The van der Waals surface area contributed by atoms with Gasteiger partial charge in [0.15, 0.2) is 9.84 Å². The van der Waals surface area contributed by atoms with Gasteiger partial charge in [-0.2, -0.15) is 8.42 Å². The van der Waals surface area contributed by atoms with E-state index in [1.54, 1.807) is 0 Å². The first-order valence-electron chi connectivity index (χ1n) is 6.13. The van der Waals surface area contributed by atoms with Crippen LogP contribution in [-0.4, -0.2) is 68.9 Å². The third-order valence-electron chi connectivity index (χ3n) is 3.80. The zero-order valence-electron chi connectivity index (χ0n) is 11.0. The van der Waals surface area contributed by atoms with Crippen LogP contribution in [0, 0.1) is 0 Å². The number of carbonyl (C=O) groups is 1. The van der Waals surface area contributed by atoms with Gasteiger partial charge >= 0.3 is 6.09 Å². The summed E-state index contributed by atoms with van der Waals surface area (Å²) in [6.45, 7) is -0.252. The van der Waals surface area contributed by atoms with Gasteiger partial charge in [0.05, 0.1) is 22.9 Å². The average molecular weight is 327 g/mol. The molecule has 1 aliphatic heterocycles. The van der Waals surface area contributed by atoms with E-state index in [1.807, 2.05) is 0 Å². The Kier molecular flexibility index (Phi) is 3.76. The van der Waals surface area contributed by atoms with Gasteiger partial charge in [0, 0.05) is 13.1 Å². The van der Waals surface area contributed by atoms with Crippen LogP contribution in [-0.2, 0) is 24.1 Å². The van der Waals surface area contributed by atoms with Gasteiger partial charge in [-0.05, 0) is 19.3 Å². The van der Waals surface area contributed by atoms with Crippen LogP contribution >= 0.6 is 0 Å². The Bertz CT molecular complexity index is 606. The van der Waals surface area contributed by atoms with E-state index >= 15 is 0 Å². The summed E-state index contributed by atoms with van der Waals surface area (Å²) in [7, 11) is -7.30. The number of nitrogens with zero attached hydrogens (tertiary/aromatic N) is 1. The van der Waals surface area contributed by atoms with Crippen molar-refractivity contribution in [2.75, 3.05) is 26.0 Å². The highest BCUT2D eigenvalue weighted by Gasteiger charge is 2.58. The van der Waals surface area contributed by atoms with Gasteiger partial charge in [-0.1, -0.05) is 0 Å². The van der Waals surface area contributed by atoms with E-state index in [9.17, 15) is 21.6 Å². The second-order valence-corrected chi connectivity index (χ2v) is 9.60. The molecule has 2 fully saturated rings. The highest BCUT2D eigenvalue weighted by atomic mass is 32.2. The molecule has 1 heterocycles. The molecule has 2 rings (SSSR count). The number of sulfone groups is 1. The number of amides is 1. The maximum atomic E-state index is 12.5. The second kappa shape index (κ2) is 4.85. The zero-order chi connectivity index (χ0) is 15.2. The molecule has 20 heavy (non-hydrogen) atoms. The minimum absolute atomic E-state index is 0.0573. The Morgan fingerprint density at radius 3 is 2.35 bits per heavy atom. The van der Waals surface area contributed by atoms with Crippen LogP contribution in [0.15, 0.2) is 0 Å². The summed E-state index contributed by atoms with van der Waals surface area (Å²) in [5, 5.41) is 8.08. The third-order valence-corrected chi connectivity index (χ3v) is 7.34. The molecule has 1 aliphatic carbocycles. The Morgan fingerprint density at radius 2 is 1.95 bits per heavy atom. The van der Waals surface area contributed by atoms with E-state index in [4.69, 9.17) is 5.11 Å². The lowest BCUT2D eigenvalue weighted by Gasteiger charge is -2.20. The molecule has 116 valence electrons. The Balaban J connectivity index is 2.09. The van der Waals surface area contributed by atoms with Gasteiger partial charge in [-0.25, -0.2) is 13.2 Å². The molecule has 0 aromatic heterocycles. The standard InChI is InChI=1S/C10H17NO7S2/c1-19(14,15)18-7-10(3-4-10)20(16,17)8-2-5-11(6-8)9(12)13/h8H,2-7H2,1H3,(H,12,13). The molecule has 10 heteroatoms. The average Bonchev–Trinajstić information content (AvgIpc) is 2.94. The van der Waals surface area contributed by atoms with Crippen molar-refractivity contribution < 1.29 is 30.9 Å². The van der Waals surface area contributed by atoms with Gasteiger partial charge in [0.2, 0.25) is 0 Å². The van der Waals surface area contributed by atoms with Gasteiger partial charge in [0.1, 0.15) is 0 Å². The summed E-state index contributed by atoms with van der Waals surface area (Å²) in [5.74, 6) is 0. The van der Waals surface area contributed by atoms with Crippen LogP contribution < -0.4 is 0 Å². The number of hydrogen-bond acceptors (Lipinski definition) is 6. The minimum Gasteiger partial charge on any atom is -0.465 e. The molecule has 1 unspecified atom stereocenters. The van der Waals surface area contributed by atoms with Gasteiger partial charge in [-0.3, -0.25) is 4.18 Å². The van der Waals surface area contributed by atoms with Crippen LogP contribution in [0.4, 0.5) is 4.79 Å². The van der Waals surface area contributed by atoms with E-state index in [-0.39, 0.29) is 26.1 Å². The molecule has 0 radical (unpaired) electrons. The maximum Gasteiger partial charge on any atom is 0.407 e. The van der Waals surface area contributed by atoms with Crippen molar-refractivity contribution in [3.63, 3.8) is 0 Å². The van der Waals surface area contributed by atoms with Crippen LogP contribution in [0.3, 0.4) is 0 Å². The maximum absolute atomic E-state index is 12.5. The second-order valence-electron chi connectivity index (χ2n) is 5.33. The van der Waals surface area contributed by atoms with E-state index in [1.165, 1.54) is 0 Å². The SMILES string of the molecule is CS(=O)(=O)OCC1(S(=O)(=O)C2CCN(C(=O)O)C2)CC1. The first-order chi connectivity index (χ1) is 9.07. The monoisotopic (exact) mass is 327 g/mol. The van der Waals surface area contributed by atoms with Gasteiger partial charge < -0.3 is 10.0 Å². The Labute approximate surface area is 117 Å². The predicted octanol–water partition coefficient (Wildman–Crippen LogP) is -0.338. The first kappa shape index (κ1) is 15.5. The van der Waals surface area contributed by atoms with Crippen LogP contribution in [0.5, 0.6) is 0 Å². The Morgan fingerprint density at radius 1 is 1.35 bits per heavy atom. The molecular formula is C10H17NO7S2. The number of hydrogen-bond donors (Lipinski definition) is 1. The van der Waals surface area contributed by atoms with Crippen molar-refractivity contribution in [3.8, 4) is 0 Å². The summed E-state index contributed by atoms with van der Waals surface area (Å²) in [5.41, 5.74) is 0. The van der Waals surface area contributed by atoms with Crippen LogP contribution in [0.1, 0.15) is 19.3 Å². The van der Waals surface area contributed by atoms with Gasteiger partial charge in [-0.15, -0.1) is 0 Å². The molecule has 1 saturated heterocycles. The fourth-order valence-electron chi connectivity index (χ4n) is 2.37. The number of carboxylic acid groups (broad SMARTS) is 1. The lowest BCUT2D eigenvalue weighted by atomic mass is 10.4.